The Balaban J connectivity index is 1.23. The van der Waals surface area contributed by atoms with Gasteiger partial charge in [-0.15, -0.1) is 0 Å². The van der Waals surface area contributed by atoms with Gasteiger partial charge >= 0.3 is 0 Å². The molecule has 1 saturated heterocycles. The van der Waals surface area contributed by atoms with Gasteiger partial charge < -0.3 is 9.88 Å². The highest BCUT2D eigenvalue weighted by molar-refractivity contribution is 5.94. The van der Waals surface area contributed by atoms with E-state index >= 15 is 0 Å². The molecule has 4 heterocycles. The normalized spacial score (nSPS) is 18.6. The summed E-state index contributed by atoms with van der Waals surface area (Å²) in [4.78, 5) is 41.7. The van der Waals surface area contributed by atoms with Crippen molar-refractivity contribution in [2.75, 3.05) is 25.0 Å². The average molecular weight is 446 g/mol. The van der Waals surface area contributed by atoms with Crippen LogP contribution >= 0.6 is 0 Å². The average Bonchev–Trinajstić information content (AvgIpc) is 3.24. The summed E-state index contributed by atoms with van der Waals surface area (Å²) in [5.41, 5.74) is 4.44. The van der Waals surface area contributed by atoms with Gasteiger partial charge in [0.05, 0.1) is 0 Å². The number of benzene rings is 1. The van der Waals surface area contributed by atoms with Gasteiger partial charge in [0.15, 0.2) is 0 Å². The lowest BCUT2D eigenvalue weighted by Gasteiger charge is -2.33. The molecule has 1 N–H and O–H groups in total. The largest absolute Gasteiger partial charge is 0.361 e. The number of para-hydroxylation sites is 1. The number of likely N-dealkylation sites (tertiary alicyclic amines) is 1. The molecule has 1 aromatic carbocycles. The Morgan fingerprint density at radius 1 is 1.21 bits per heavy atom. The van der Waals surface area contributed by atoms with Gasteiger partial charge in [-0.25, -0.2) is 9.97 Å². The van der Waals surface area contributed by atoms with Crippen molar-refractivity contribution in [1.29, 1.82) is 0 Å². The lowest BCUT2D eigenvalue weighted by Crippen LogP contribution is -2.40. The van der Waals surface area contributed by atoms with Crippen LogP contribution in [0.25, 0.3) is 10.9 Å². The molecule has 0 aliphatic carbocycles. The molecule has 0 unspecified atom stereocenters. The van der Waals surface area contributed by atoms with Crippen LogP contribution in [-0.2, 0) is 22.4 Å². The summed E-state index contributed by atoms with van der Waals surface area (Å²) in [5.74, 6) is 1.94. The number of aromatic amines is 1. The molecule has 1 fully saturated rings. The van der Waals surface area contributed by atoms with Gasteiger partial charge in [-0.2, -0.15) is 0 Å². The van der Waals surface area contributed by atoms with Crippen molar-refractivity contribution >= 4 is 28.5 Å². The fourth-order valence-electron chi connectivity index (χ4n) is 5.21. The SMILES string of the molecule is Cc1nc([C@@H]2CCCN(C(=O)CCCc3c[nH]c4ccccc34)C2)nc2c1CCC(=O)N2C. The number of rotatable bonds is 5. The number of aromatic nitrogens is 3. The Morgan fingerprint density at radius 2 is 2.06 bits per heavy atom. The van der Waals surface area contributed by atoms with Crippen LogP contribution in [0.4, 0.5) is 5.82 Å². The molecule has 2 aromatic heterocycles. The van der Waals surface area contributed by atoms with Crippen molar-refractivity contribution < 1.29 is 9.59 Å². The second-order valence-corrected chi connectivity index (χ2v) is 9.31. The number of fused-ring (bicyclic) bond motifs is 2. The van der Waals surface area contributed by atoms with Gasteiger partial charge in [-0.3, -0.25) is 14.5 Å². The van der Waals surface area contributed by atoms with Gasteiger partial charge in [0, 0.05) is 67.3 Å². The number of carbonyl (C=O) groups is 2. The Bertz CT molecular complexity index is 1200. The molecular weight excluding hydrogens is 414 g/mol. The second-order valence-electron chi connectivity index (χ2n) is 9.31. The first kappa shape index (κ1) is 21.6. The second kappa shape index (κ2) is 8.96. The smallest absolute Gasteiger partial charge is 0.228 e. The van der Waals surface area contributed by atoms with Crippen molar-refractivity contribution in [2.24, 2.45) is 0 Å². The van der Waals surface area contributed by atoms with E-state index in [1.165, 1.54) is 10.9 Å². The molecular formula is C26H31N5O2. The molecule has 0 spiro atoms. The number of hydrogen-bond donors (Lipinski definition) is 1. The van der Waals surface area contributed by atoms with Gasteiger partial charge in [0.1, 0.15) is 11.6 Å². The van der Waals surface area contributed by atoms with E-state index in [1.54, 1.807) is 11.9 Å². The molecule has 0 saturated carbocycles. The van der Waals surface area contributed by atoms with Gasteiger partial charge in [0.25, 0.3) is 0 Å². The lowest BCUT2D eigenvalue weighted by molar-refractivity contribution is -0.132. The summed E-state index contributed by atoms with van der Waals surface area (Å²) >= 11 is 0. The summed E-state index contributed by atoms with van der Waals surface area (Å²) in [5, 5.41) is 1.24. The fourth-order valence-corrected chi connectivity index (χ4v) is 5.21. The molecule has 0 radical (unpaired) electrons. The van der Waals surface area contributed by atoms with Crippen LogP contribution in [0.15, 0.2) is 30.5 Å². The van der Waals surface area contributed by atoms with Gasteiger partial charge in [-0.1, -0.05) is 18.2 Å². The minimum atomic E-state index is 0.0993. The third kappa shape index (κ3) is 4.24. The van der Waals surface area contributed by atoms with E-state index in [0.717, 1.165) is 60.6 Å². The first-order valence-electron chi connectivity index (χ1n) is 12.0. The van der Waals surface area contributed by atoms with E-state index < -0.39 is 0 Å². The molecule has 3 aromatic rings. The maximum Gasteiger partial charge on any atom is 0.228 e. The topological polar surface area (TPSA) is 82.2 Å². The van der Waals surface area contributed by atoms with E-state index in [1.807, 2.05) is 17.9 Å². The van der Waals surface area contributed by atoms with Crippen molar-refractivity contribution in [3.8, 4) is 0 Å². The van der Waals surface area contributed by atoms with E-state index in [-0.39, 0.29) is 17.7 Å². The zero-order valence-corrected chi connectivity index (χ0v) is 19.4. The van der Waals surface area contributed by atoms with Crippen molar-refractivity contribution in [2.45, 2.75) is 57.8 Å². The Morgan fingerprint density at radius 3 is 2.94 bits per heavy atom. The number of amides is 2. The Kier molecular flexibility index (Phi) is 5.87. The zero-order valence-electron chi connectivity index (χ0n) is 19.4. The predicted molar refractivity (Wildman–Crippen MR) is 128 cm³/mol. The molecule has 33 heavy (non-hydrogen) atoms. The predicted octanol–water partition coefficient (Wildman–Crippen LogP) is 3.90. The summed E-state index contributed by atoms with van der Waals surface area (Å²) in [7, 11) is 1.79. The number of piperidine rings is 1. The van der Waals surface area contributed by atoms with Crippen LogP contribution in [0.5, 0.6) is 0 Å². The maximum absolute atomic E-state index is 13.0. The minimum Gasteiger partial charge on any atom is -0.361 e. The van der Waals surface area contributed by atoms with E-state index in [2.05, 4.69) is 29.4 Å². The van der Waals surface area contributed by atoms with Crippen LogP contribution in [0.3, 0.4) is 0 Å². The Hall–Kier alpha value is -3.22. The summed E-state index contributed by atoms with van der Waals surface area (Å²) in [6, 6.07) is 8.29. The molecule has 2 aliphatic heterocycles. The minimum absolute atomic E-state index is 0.0993. The lowest BCUT2D eigenvalue weighted by atomic mass is 9.95. The number of hydrogen-bond acceptors (Lipinski definition) is 4. The molecule has 0 bridgehead atoms. The highest BCUT2D eigenvalue weighted by Gasteiger charge is 2.30. The molecule has 2 amide bonds. The third-order valence-electron chi connectivity index (χ3n) is 7.14. The molecule has 5 rings (SSSR count). The van der Waals surface area contributed by atoms with Crippen molar-refractivity contribution in [3.63, 3.8) is 0 Å². The van der Waals surface area contributed by atoms with Crippen LogP contribution < -0.4 is 4.90 Å². The van der Waals surface area contributed by atoms with Crippen LogP contribution in [0.1, 0.15) is 60.7 Å². The fraction of sp³-hybridized carbons (Fsp3) is 0.462. The number of anilines is 1. The quantitative estimate of drug-likeness (QED) is 0.646. The number of H-pyrrole nitrogens is 1. The molecule has 7 nitrogen and oxygen atoms in total. The molecule has 2 aliphatic rings. The highest BCUT2D eigenvalue weighted by Crippen LogP contribution is 2.31. The van der Waals surface area contributed by atoms with Crippen LogP contribution in [0, 0.1) is 6.92 Å². The van der Waals surface area contributed by atoms with Crippen LogP contribution in [0.2, 0.25) is 0 Å². The zero-order chi connectivity index (χ0) is 22.9. The van der Waals surface area contributed by atoms with Crippen molar-refractivity contribution in [3.05, 3.63) is 53.1 Å². The summed E-state index contributed by atoms with van der Waals surface area (Å²) in [6.45, 7) is 3.46. The maximum atomic E-state index is 13.0. The standard InChI is InChI=1S/C26H31N5O2/c1-17-20-12-13-23(32)30(2)26(20)29-25(28-17)19-8-6-14-31(16-19)24(33)11-5-7-18-15-27-22-10-4-3-9-21(18)22/h3-4,9-10,15,19,27H,5-8,11-14,16H2,1-2H3/t19-/m1/s1. The number of aryl methyl sites for hydroxylation is 2. The molecule has 1 atom stereocenters. The van der Waals surface area contributed by atoms with Gasteiger partial charge in [-0.05, 0) is 50.7 Å². The van der Waals surface area contributed by atoms with Gasteiger partial charge in [0.2, 0.25) is 11.8 Å². The Labute approximate surface area is 194 Å². The number of carbonyl (C=O) groups excluding carboxylic acids is 2. The summed E-state index contributed by atoms with van der Waals surface area (Å²) in [6.07, 6.45) is 7.47. The first-order chi connectivity index (χ1) is 16.0. The van der Waals surface area contributed by atoms with E-state index in [9.17, 15) is 9.59 Å². The molecule has 7 heteroatoms. The van der Waals surface area contributed by atoms with Crippen LogP contribution in [-0.4, -0.2) is 51.8 Å². The highest BCUT2D eigenvalue weighted by atomic mass is 16.2. The summed E-state index contributed by atoms with van der Waals surface area (Å²) < 4.78 is 0. The number of nitrogens with one attached hydrogen (secondary N) is 1. The molecule has 172 valence electrons. The monoisotopic (exact) mass is 445 g/mol. The first-order valence-corrected chi connectivity index (χ1v) is 12.0. The number of nitrogens with zero attached hydrogens (tertiary/aromatic N) is 4. The van der Waals surface area contributed by atoms with E-state index in [0.29, 0.717) is 25.8 Å². The van der Waals surface area contributed by atoms with E-state index in [4.69, 9.17) is 9.97 Å². The third-order valence-corrected chi connectivity index (χ3v) is 7.14. The van der Waals surface area contributed by atoms with Crippen molar-refractivity contribution in [1.82, 2.24) is 19.9 Å².